The lowest BCUT2D eigenvalue weighted by atomic mass is 10.0. The smallest absolute Gasteiger partial charge is 0.258 e. The van der Waals surface area contributed by atoms with Gasteiger partial charge in [0.15, 0.2) is 0 Å². The van der Waals surface area contributed by atoms with Crippen LogP contribution in [-0.4, -0.2) is 52.2 Å². The van der Waals surface area contributed by atoms with Crippen LogP contribution < -0.4 is 10.6 Å². The molecule has 0 saturated carbocycles. The van der Waals surface area contributed by atoms with Crippen LogP contribution in [-0.2, 0) is 19.5 Å². The van der Waals surface area contributed by atoms with Crippen molar-refractivity contribution in [2.24, 2.45) is 5.92 Å². The van der Waals surface area contributed by atoms with E-state index < -0.39 is 0 Å². The molecule has 1 aliphatic rings. The lowest BCUT2D eigenvalue weighted by Gasteiger charge is -2.16. The fourth-order valence-corrected chi connectivity index (χ4v) is 4.07. The number of rotatable bonds is 7. The lowest BCUT2D eigenvalue weighted by molar-refractivity contribution is 0.0748. The third-order valence-electron chi connectivity index (χ3n) is 5.73. The minimum absolute atomic E-state index is 0.0668. The normalized spacial score (nSPS) is 13.1. The Hall–Kier alpha value is -3.39. The number of H-pyrrole nitrogens is 1. The Morgan fingerprint density at radius 2 is 1.94 bits per heavy atom. The molecule has 4 rings (SSSR count). The van der Waals surface area contributed by atoms with Gasteiger partial charge in [-0.2, -0.15) is 5.10 Å². The van der Waals surface area contributed by atoms with E-state index in [1.807, 2.05) is 19.2 Å². The summed E-state index contributed by atoms with van der Waals surface area (Å²) in [6.45, 7) is 6.31. The van der Waals surface area contributed by atoms with E-state index in [2.05, 4.69) is 34.7 Å². The van der Waals surface area contributed by atoms with Gasteiger partial charge >= 0.3 is 0 Å². The van der Waals surface area contributed by atoms with E-state index in [9.17, 15) is 14.7 Å². The van der Waals surface area contributed by atoms with Crippen molar-refractivity contribution in [3.05, 3.63) is 58.3 Å². The summed E-state index contributed by atoms with van der Waals surface area (Å²) >= 11 is 0. The quantitative estimate of drug-likeness (QED) is 0.427. The van der Waals surface area contributed by atoms with Gasteiger partial charge in [-0.15, -0.1) is 0 Å². The number of aromatic nitrogens is 2. The molecule has 2 heterocycles. The van der Waals surface area contributed by atoms with Crippen LogP contribution in [0.5, 0.6) is 5.75 Å². The SMILES string of the molecule is CNCCNC(=O)c1ccc2c(c1)CN(C(=O)c1cc3c(CC(C)C)n[nH]c3cc1O)C2. The number of aromatic amines is 1. The molecule has 0 bridgehead atoms. The van der Waals surface area contributed by atoms with Crippen molar-refractivity contribution in [1.29, 1.82) is 0 Å². The molecule has 0 fully saturated rings. The van der Waals surface area contributed by atoms with Gasteiger partial charge in [-0.05, 0) is 48.7 Å². The maximum atomic E-state index is 13.3. The Bertz CT molecular complexity index is 1170. The Labute approximate surface area is 187 Å². The number of hydrogen-bond acceptors (Lipinski definition) is 5. The number of aromatic hydroxyl groups is 1. The van der Waals surface area contributed by atoms with Gasteiger partial charge in [-0.25, -0.2) is 0 Å². The third-order valence-corrected chi connectivity index (χ3v) is 5.73. The first kappa shape index (κ1) is 21.8. The van der Waals surface area contributed by atoms with E-state index in [-0.39, 0.29) is 23.1 Å². The molecule has 0 atom stereocenters. The molecule has 32 heavy (non-hydrogen) atoms. The first-order chi connectivity index (χ1) is 15.4. The number of nitrogens with one attached hydrogen (secondary N) is 3. The third kappa shape index (κ3) is 4.31. The van der Waals surface area contributed by atoms with Crippen molar-refractivity contribution in [2.75, 3.05) is 20.1 Å². The van der Waals surface area contributed by atoms with E-state index in [0.29, 0.717) is 43.2 Å². The van der Waals surface area contributed by atoms with Crippen molar-refractivity contribution < 1.29 is 14.7 Å². The van der Waals surface area contributed by atoms with Gasteiger partial charge in [0.1, 0.15) is 5.75 Å². The molecule has 3 aromatic rings. The molecule has 0 radical (unpaired) electrons. The van der Waals surface area contributed by atoms with Crippen molar-refractivity contribution in [1.82, 2.24) is 25.7 Å². The number of nitrogens with zero attached hydrogens (tertiary/aromatic N) is 2. The highest BCUT2D eigenvalue weighted by atomic mass is 16.3. The number of phenolic OH excluding ortho intramolecular Hbond substituents is 1. The van der Waals surface area contributed by atoms with Crippen LogP contribution in [0.2, 0.25) is 0 Å². The predicted molar refractivity (Wildman–Crippen MR) is 123 cm³/mol. The molecule has 8 nitrogen and oxygen atoms in total. The summed E-state index contributed by atoms with van der Waals surface area (Å²) in [5.74, 6) is -0.0131. The molecule has 168 valence electrons. The van der Waals surface area contributed by atoms with Crippen LogP contribution in [0.1, 0.15) is 51.4 Å². The van der Waals surface area contributed by atoms with Gasteiger partial charge in [0, 0.05) is 43.2 Å². The molecule has 0 aliphatic carbocycles. The Morgan fingerprint density at radius 3 is 2.69 bits per heavy atom. The molecule has 4 N–H and O–H groups in total. The zero-order valence-electron chi connectivity index (χ0n) is 18.7. The van der Waals surface area contributed by atoms with Gasteiger partial charge in [0.2, 0.25) is 0 Å². The zero-order chi connectivity index (χ0) is 22.8. The molecule has 0 spiro atoms. The van der Waals surface area contributed by atoms with Crippen molar-refractivity contribution in [3.63, 3.8) is 0 Å². The highest BCUT2D eigenvalue weighted by molar-refractivity contribution is 6.01. The average molecular weight is 436 g/mol. The monoisotopic (exact) mass is 435 g/mol. The number of hydrogen-bond donors (Lipinski definition) is 4. The summed E-state index contributed by atoms with van der Waals surface area (Å²) in [5.41, 5.74) is 4.41. The highest BCUT2D eigenvalue weighted by Crippen LogP contribution is 2.31. The van der Waals surface area contributed by atoms with E-state index in [4.69, 9.17) is 0 Å². The molecule has 1 aliphatic heterocycles. The predicted octanol–water partition coefficient (Wildman–Crippen LogP) is 2.57. The molecule has 2 aromatic carbocycles. The summed E-state index contributed by atoms with van der Waals surface area (Å²) in [6, 6.07) is 8.83. The minimum atomic E-state index is -0.239. The number of carbonyl (C=O) groups is 2. The van der Waals surface area contributed by atoms with Gasteiger partial charge < -0.3 is 20.6 Å². The summed E-state index contributed by atoms with van der Waals surface area (Å²) in [7, 11) is 1.83. The van der Waals surface area contributed by atoms with Gasteiger partial charge in [0.25, 0.3) is 11.8 Å². The number of benzene rings is 2. The Morgan fingerprint density at radius 1 is 1.16 bits per heavy atom. The van der Waals surface area contributed by atoms with Gasteiger partial charge in [0.05, 0.1) is 16.8 Å². The largest absolute Gasteiger partial charge is 0.507 e. The van der Waals surface area contributed by atoms with Crippen molar-refractivity contribution in [3.8, 4) is 5.75 Å². The summed E-state index contributed by atoms with van der Waals surface area (Å²) in [6.07, 6.45) is 0.784. The number of fused-ring (bicyclic) bond motifs is 2. The minimum Gasteiger partial charge on any atom is -0.507 e. The first-order valence-electron chi connectivity index (χ1n) is 10.9. The van der Waals surface area contributed by atoms with Crippen LogP contribution in [0.3, 0.4) is 0 Å². The van der Waals surface area contributed by atoms with E-state index in [1.165, 1.54) is 0 Å². The maximum Gasteiger partial charge on any atom is 0.258 e. The van der Waals surface area contributed by atoms with Crippen molar-refractivity contribution >= 4 is 22.7 Å². The molecule has 0 unspecified atom stereocenters. The molecule has 2 amide bonds. The van der Waals surface area contributed by atoms with E-state index in [0.717, 1.165) is 28.6 Å². The molecule has 1 aromatic heterocycles. The standard InChI is InChI=1S/C24H29N5O3/c1-14(2)8-20-18-10-19(22(30)11-21(18)28-27-20)24(32)29-12-16-5-4-15(9-17(16)13-29)23(31)26-7-6-25-3/h4-5,9-11,14,25,30H,6-8,12-13H2,1-3H3,(H,26,31)(H,27,28). The summed E-state index contributed by atoms with van der Waals surface area (Å²) < 4.78 is 0. The van der Waals surface area contributed by atoms with Crippen LogP contribution in [0.4, 0.5) is 0 Å². The maximum absolute atomic E-state index is 13.3. The fourth-order valence-electron chi connectivity index (χ4n) is 4.07. The molecular weight excluding hydrogens is 406 g/mol. The number of phenols is 1. The fraction of sp³-hybridized carbons (Fsp3) is 0.375. The van der Waals surface area contributed by atoms with Crippen LogP contribution >= 0.6 is 0 Å². The van der Waals surface area contributed by atoms with Gasteiger partial charge in [-0.3, -0.25) is 14.7 Å². The van der Waals surface area contributed by atoms with E-state index >= 15 is 0 Å². The van der Waals surface area contributed by atoms with Crippen molar-refractivity contribution in [2.45, 2.75) is 33.4 Å². The zero-order valence-corrected chi connectivity index (χ0v) is 18.7. The van der Waals surface area contributed by atoms with Crippen LogP contribution in [0, 0.1) is 5.92 Å². The number of likely N-dealkylation sites (N-methyl/N-ethyl adjacent to an activating group) is 1. The first-order valence-corrected chi connectivity index (χ1v) is 10.9. The number of carbonyl (C=O) groups excluding carboxylic acids is 2. The lowest BCUT2D eigenvalue weighted by Crippen LogP contribution is -2.30. The topological polar surface area (TPSA) is 110 Å². The Balaban J connectivity index is 1.54. The summed E-state index contributed by atoms with van der Waals surface area (Å²) in [5, 5.41) is 24.5. The van der Waals surface area contributed by atoms with Crippen LogP contribution in [0.15, 0.2) is 30.3 Å². The molecular formula is C24H29N5O3. The molecule has 8 heteroatoms. The average Bonchev–Trinajstić information content (AvgIpc) is 3.35. The number of amides is 2. The highest BCUT2D eigenvalue weighted by Gasteiger charge is 2.27. The van der Waals surface area contributed by atoms with E-state index in [1.54, 1.807) is 23.1 Å². The Kier molecular flexibility index (Phi) is 6.14. The second-order valence-electron chi connectivity index (χ2n) is 8.69. The summed E-state index contributed by atoms with van der Waals surface area (Å²) in [4.78, 5) is 27.3. The molecule has 0 saturated heterocycles. The van der Waals surface area contributed by atoms with Gasteiger partial charge in [-0.1, -0.05) is 19.9 Å². The second-order valence-corrected chi connectivity index (χ2v) is 8.69. The second kappa shape index (κ2) is 9.00. The van der Waals surface area contributed by atoms with Crippen LogP contribution in [0.25, 0.3) is 10.9 Å².